The Hall–Kier alpha value is -1.89. The third kappa shape index (κ3) is 4.84. The zero-order valence-corrected chi connectivity index (χ0v) is 20.4. The molecule has 10 nitrogen and oxygen atoms in total. The molecule has 4 rings (SSSR count). The Morgan fingerprint density at radius 3 is 2.70 bits per heavy atom. The normalized spacial score (nSPS) is 25.4. The van der Waals surface area contributed by atoms with E-state index < -0.39 is 23.7 Å². The molecule has 2 aliphatic heterocycles. The van der Waals surface area contributed by atoms with Gasteiger partial charge in [-0.2, -0.15) is 0 Å². The standard InChI is InChI=1S/C20H24Cl2N4O6S/c1-3-30-11-7-31-20(32-8-11)9-26(19-23-6-12(33-19)18(28)29)5-4-13(20)25-17(27)16-15(22)14(21)10(2)24-16/h6,11,13,24H,3-5,7-9H2,1-2H3,(H,25,27)(H,28,29)/t11-,13-,20+/m1/s1. The Balaban J connectivity index is 1.56. The van der Waals surface area contributed by atoms with Crippen molar-refractivity contribution in [2.75, 3.05) is 37.8 Å². The van der Waals surface area contributed by atoms with Gasteiger partial charge in [-0.05, 0) is 20.3 Å². The number of nitrogens with one attached hydrogen (secondary N) is 2. The van der Waals surface area contributed by atoms with Crippen LogP contribution in [-0.2, 0) is 14.2 Å². The summed E-state index contributed by atoms with van der Waals surface area (Å²) in [7, 11) is 0. The van der Waals surface area contributed by atoms with Crippen molar-refractivity contribution in [2.45, 2.75) is 38.2 Å². The lowest BCUT2D eigenvalue weighted by molar-refractivity contribution is -0.307. The van der Waals surface area contributed by atoms with Crippen molar-refractivity contribution in [1.29, 1.82) is 0 Å². The lowest BCUT2D eigenvalue weighted by atomic mass is 9.96. The van der Waals surface area contributed by atoms with Crippen LogP contribution in [0.15, 0.2) is 6.20 Å². The van der Waals surface area contributed by atoms with Crippen LogP contribution in [0.5, 0.6) is 0 Å². The number of H-pyrrole nitrogens is 1. The van der Waals surface area contributed by atoms with Gasteiger partial charge in [-0.1, -0.05) is 34.5 Å². The lowest BCUT2D eigenvalue weighted by Gasteiger charge is -2.50. The summed E-state index contributed by atoms with van der Waals surface area (Å²) in [5, 5.41) is 13.2. The Morgan fingerprint density at radius 2 is 2.12 bits per heavy atom. The summed E-state index contributed by atoms with van der Waals surface area (Å²) in [6.45, 7) is 5.50. The van der Waals surface area contributed by atoms with Crippen LogP contribution in [0.4, 0.5) is 5.13 Å². The fraction of sp³-hybridized carbons (Fsp3) is 0.550. The van der Waals surface area contributed by atoms with Crippen LogP contribution >= 0.6 is 34.5 Å². The number of carbonyl (C=O) groups excluding carboxylic acids is 1. The van der Waals surface area contributed by atoms with Crippen molar-refractivity contribution < 1.29 is 28.9 Å². The van der Waals surface area contributed by atoms with E-state index in [2.05, 4.69) is 15.3 Å². The fourth-order valence-electron chi connectivity index (χ4n) is 3.96. The molecule has 2 fully saturated rings. The first-order valence-corrected chi connectivity index (χ1v) is 12.0. The first-order valence-electron chi connectivity index (χ1n) is 10.4. The van der Waals surface area contributed by atoms with Gasteiger partial charge in [-0.3, -0.25) is 4.79 Å². The number of ether oxygens (including phenoxy) is 3. The van der Waals surface area contributed by atoms with Gasteiger partial charge in [0.1, 0.15) is 16.7 Å². The predicted molar refractivity (Wildman–Crippen MR) is 123 cm³/mol. The summed E-state index contributed by atoms with van der Waals surface area (Å²) in [6.07, 6.45) is 1.58. The molecule has 2 aromatic rings. The summed E-state index contributed by atoms with van der Waals surface area (Å²) in [4.78, 5) is 33.5. The number of rotatable bonds is 6. The highest BCUT2D eigenvalue weighted by Gasteiger charge is 2.50. The molecule has 1 spiro atoms. The molecule has 2 saturated heterocycles. The number of amides is 1. The van der Waals surface area contributed by atoms with E-state index in [1.165, 1.54) is 6.20 Å². The average Bonchev–Trinajstić information content (AvgIpc) is 3.39. The minimum absolute atomic E-state index is 0.144. The highest BCUT2D eigenvalue weighted by molar-refractivity contribution is 7.17. The van der Waals surface area contributed by atoms with E-state index in [0.717, 1.165) is 11.3 Å². The largest absolute Gasteiger partial charge is 0.477 e. The minimum atomic E-state index is -1.17. The number of nitrogens with zero attached hydrogens (tertiary/aromatic N) is 2. The smallest absolute Gasteiger partial charge is 0.347 e. The van der Waals surface area contributed by atoms with Gasteiger partial charge in [-0.15, -0.1) is 0 Å². The number of carbonyl (C=O) groups is 2. The monoisotopic (exact) mass is 518 g/mol. The quantitative estimate of drug-likeness (QED) is 0.532. The van der Waals surface area contributed by atoms with Gasteiger partial charge in [0.2, 0.25) is 5.79 Å². The summed E-state index contributed by atoms with van der Waals surface area (Å²) < 4.78 is 18.0. The first-order chi connectivity index (χ1) is 15.7. The number of aromatic nitrogens is 2. The summed E-state index contributed by atoms with van der Waals surface area (Å²) in [6, 6.07) is -0.499. The number of thiazole rings is 1. The van der Waals surface area contributed by atoms with Crippen molar-refractivity contribution >= 4 is 51.5 Å². The zero-order valence-electron chi connectivity index (χ0n) is 18.0. The third-order valence-corrected chi connectivity index (χ3v) is 7.61. The molecule has 0 unspecified atom stereocenters. The van der Waals surface area contributed by atoms with Gasteiger partial charge in [0.05, 0.1) is 42.0 Å². The van der Waals surface area contributed by atoms with E-state index in [9.17, 15) is 14.7 Å². The Kier molecular flexibility index (Phi) is 7.18. The van der Waals surface area contributed by atoms with Gasteiger partial charge >= 0.3 is 5.97 Å². The van der Waals surface area contributed by atoms with E-state index in [-0.39, 0.29) is 28.2 Å². The number of anilines is 1. The maximum Gasteiger partial charge on any atom is 0.347 e. The van der Waals surface area contributed by atoms with Gasteiger partial charge in [0, 0.05) is 18.8 Å². The van der Waals surface area contributed by atoms with Crippen molar-refractivity contribution in [2.24, 2.45) is 0 Å². The van der Waals surface area contributed by atoms with Crippen LogP contribution in [-0.4, -0.2) is 77.8 Å². The van der Waals surface area contributed by atoms with Crippen LogP contribution in [0.1, 0.15) is 39.2 Å². The van der Waals surface area contributed by atoms with E-state index in [0.29, 0.717) is 48.6 Å². The number of hydrogen-bond acceptors (Lipinski definition) is 8. The molecule has 180 valence electrons. The zero-order chi connectivity index (χ0) is 23.8. The van der Waals surface area contributed by atoms with Crippen molar-refractivity contribution in [3.05, 3.63) is 32.5 Å². The molecule has 0 aliphatic carbocycles. The number of piperidine rings is 1. The molecule has 0 radical (unpaired) electrons. The summed E-state index contributed by atoms with van der Waals surface area (Å²) >= 11 is 13.4. The van der Waals surface area contributed by atoms with Crippen molar-refractivity contribution in [3.63, 3.8) is 0 Å². The van der Waals surface area contributed by atoms with Crippen LogP contribution in [0.2, 0.25) is 10.0 Å². The summed E-state index contributed by atoms with van der Waals surface area (Å²) in [5.74, 6) is -2.62. The maximum atomic E-state index is 13.0. The van der Waals surface area contributed by atoms with Gasteiger partial charge in [-0.25, -0.2) is 9.78 Å². The number of aromatic carboxylic acids is 1. The van der Waals surface area contributed by atoms with Gasteiger partial charge in [0.15, 0.2) is 5.13 Å². The molecule has 3 N–H and O–H groups in total. The molecule has 0 aromatic carbocycles. The number of aromatic amines is 1. The topological polar surface area (TPSA) is 126 Å². The van der Waals surface area contributed by atoms with Gasteiger partial charge < -0.3 is 34.5 Å². The van der Waals surface area contributed by atoms with Gasteiger partial charge in [0.25, 0.3) is 5.91 Å². The van der Waals surface area contributed by atoms with Crippen molar-refractivity contribution in [1.82, 2.24) is 15.3 Å². The van der Waals surface area contributed by atoms with Crippen molar-refractivity contribution in [3.8, 4) is 0 Å². The minimum Gasteiger partial charge on any atom is -0.477 e. The number of hydrogen-bond donors (Lipinski definition) is 3. The third-order valence-electron chi connectivity index (χ3n) is 5.62. The number of aryl methyl sites for hydroxylation is 1. The number of carboxylic acid groups (broad SMARTS) is 1. The van der Waals surface area contributed by atoms with E-state index >= 15 is 0 Å². The number of carboxylic acids is 1. The maximum absolute atomic E-state index is 13.0. The Morgan fingerprint density at radius 1 is 1.39 bits per heavy atom. The molecule has 13 heteroatoms. The summed E-state index contributed by atoms with van der Waals surface area (Å²) in [5.41, 5.74) is 0.768. The highest BCUT2D eigenvalue weighted by atomic mass is 35.5. The molecule has 1 amide bonds. The molecular formula is C20H24Cl2N4O6S. The Bertz CT molecular complexity index is 1040. The number of halogens is 2. The predicted octanol–water partition coefficient (Wildman–Crippen LogP) is 2.94. The molecule has 33 heavy (non-hydrogen) atoms. The molecule has 0 saturated carbocycles. The molecule has 4 heterocycles. The average molecular weight is 519 g/mol. The fourth-order valence-corrected chi connectivity index (χ4v) is 5.15. The van der Waals surface area contributed by atoms with E-state index in [4.69, 9.17) is 37.4 Å². The van der Waals surface area contributed by atoms with Crippen LogP contribution in [0.3, 0.4) is 0 Å². The molecule has 2 aromatic heterocycles. The van der Waals surface area contributed by atoms with Crippen LogP contribution in [0, 0.1) is 6.92 Å². The second-order valence-corrected chi connectivity index (χ2v) is 9.58. The SMILES string of the molecule is CCO[C@H]1CO[C@]2(CN(c3ncc(C(=O)O)s3)CC[C@H]2NC(=O)c2[nH]c(C)c(Cl)c2Cl)OC1. The molecule has 1 atom stereocenters. The second-order valence-electron chi connectivity index (χ2n) is 7.81. The molecule has 0 bridgehead atoms. The Labute approximate surface area is 204 Å². The highest BCUT2D eigenvalue weighted by Crippen LogP contribution is 2.35. The molecule has 2 aliphatic rings. The lowest BCUT2D eigenvalue weighted by Crippen LogP contribution is -2.68. The van der Waals surface area contributed by atoms with E-state index in [1.807, 2.05) is 11.8 Å². The first kappa shape index (κ1) is 24.2. The van der Waals surface area contributed by atoms with E-state index in [1.54, 1.807) is 6.92 Å². The second kappa shape index (κ2) is 9.77. The van der Waals surface area contributed by atoms with Crippen LogP contribution in [0.25, 0.3) is 0 Å². The molecular weight excluding hydrogens is 495 g/mol. The van der Waals surface area contributed by atoms with Crippen LogP contribution < -0.4 is 10.2 Å².